The van der Waals surface area contributed by atoms with Crippen molar-refractivity contribution >= 4 is 0 Å². The summed E-state index contributed by atoms with van der Waals surface area (Å²) in [6.45, 7) is 5.79. The van der Waals surface area contributed by atoms with E-state index in [0.717, 1.165) is 44.5 Å². The van der Waals surface area contributed by atoms with E-state index in [2.05, 4.69) is 28.0 Å². The largest absolute Gasteiger partial charge is 0.497 e. The summed E-state index contributed by atoms with van der Waals surface area (Å²) in [6.07, 6.45) is 8.14. The summed E-state index contributed by atoms with van der Waals surface area (Å²) in [6, 6.07) is 9.05. The van der Waals surface area contributed by atoms with Gasteiger partial charge in [0, 0.05) is 25.7 Å². The van der Waals surface area contributed by atoms with E-state index in [1.165, 1.54) is 44.5 Å². The van der Waals surface area contributed by atoms with E-state index in [1.54, 1.807) is 7.11 Å². The lowest BCUT2D eigenvalue weighted by Gasteiger charge is -2.37. The molecule has 25 heavy (non-hydrogen) atoms. The Morgan fingerprint density at radius 2 is 1.88 bits per heavy atom. The number of ether oxygens (including phenoxy) is 1. The van der Waals surface area contributed by atoms with Gasteiger partial charge in [0.15, 0.2) is 0 Å². The summed E-state index contributed by atoms with van der Waals surface area (Å²) >= 11 is 0. The quantitative estimate of drug-likeness (QED) is 0.822. The molecule has 2 fully saturated rings. The molecule has 0 spiro atoms. The van der Waals surface area contributed by atoms with E-state index >= 15 is 0 Å². The maximum atomic E-state index is 9.86. The Labute approximate surface area is 152 Å². The minimum Gasteiger partial charge on any atom is -0.497 e. The van der Waals surface area contributed by atoms with Crippen molar-refractivity contribution < 1.29 is 9.84 Å². The summed E-state index contributed by atoms with van der Waals surface area (Å²) in [7, 11) is 1.73. The second kappa shape index (κ2) is 9.56. The maximum absolute atomic E-state index is 9.86. The lowest BCUT2D eigenvalue weighted by molar-refractivity contribution is 0.0629. The lowest BCUT2D eigenvalue weighted by atomic mass is 9.91. The third kappa shape index (κ3) is 5.70. The van der Waals surface area contributed by atoms with Crippen molar-refractivity contribution in [2.24, 2.45) is 0 Å². The highest BCUT2D eigenvalue weighted by Gasteiger charge is 2.25. The predicted molar refractivity (Wildman–Crippen MR) is 102 cm³/mol. The van der Waals surface area contributed by atoms with Crippen LogP contribution in [0, 0.1) is 0 Å². The molecule has 0 atom stereocenters. The number of methoxy groups -OCH3 is 1. The minimum atomic E-state index is -0.0861. The van der Waals surface area contributed by atoms with Crippen LogP contribution in [0.1, 0.15) is 50.5 Å². The summed E-state index contributed by atoms with van der Waals surface area (Å²) in [5.41, 5.74) is 1.32. The van der Waals surface area contributed by atoms with Crippen LogP contribution in [0.2, 0.25) is 0 Å². The van der Waals surface area contributed by atoms with Gasteiger partial charge in [0.25, 0.3) is 0 Å². The zero-order valence-corrected chi connectivity index (χ0v) is 15.7. The molecule has 4 nitrogen and oxygen atoms in total. The van der Waals surface area contributed by atoms with Crippen LogP contribution in [0.3, 0.4) is 0 Å². The van der Waals surface area contributed by atoms with E-state index in [9.17, 15) is 5.11 Å². The molecular weight excluding hydrogens is 312 g/mol. The van der Waals surface area contributed by atoms with Crippen LogP contribution in [-0.4, -0.2) is 60.3 Å². The number of aliphatic hydroxyl groups is 1. The fourth-order valence-corrected chi connectivity index (χ4v) is 4.27. The Bertz CT molecular complexity index is 508. The van der Waals surface area contributed by atoms with E-state index in [1.807, 2.05) is 6.07 Å². The molecule has 0 amide bonds. The number of nitrogens with zero attached hydrogens (tertiary/aromatic N) is 2. The van der Waals surface area contributed by atoms with Gasteiger partial charge in [-0.25, -0.2) is 0 Å². The number of hydrogen-bond donors (Lipinski definition) is 1. The first-order valence-corrected chi connectivity index (χ1v) is 10.0. The molecule has 1 aliphatic heterocycles. The Morgan fingerprint density at radius 3 is 2.60 bits per heavy atom. The van der Waals surface area contributed by atoms with Gasteiger partial charge in [-0.05, 0) is 69.3 Å². The Morgan fingerprint density at radius 1 is 1.12 bits per heavy atom. The van der Waals surface area contributed by atoms with Gasteiger partial charge < -0.3 is 14.7 Å². The molecular formula is C21H34N2O2. The van der Waals surface area contributed by atoms with Crippen molar-refractivity contribution in [3.63, 3.8) is 0 Å². The summed E-state index contributed by atoms with van der Waals surface area (Å²) in [5, 5.41) is 9.86. The predicted octanol–water partition coefficient (Wildman–Crippen LogP) is 3.29. The van der Waals surface area contributed by atoms with Gasteiger partial charge in [0.05, 0.1) is 13.2 Å². The number of benzene rings is 1. The zero-order chi connectivity index (χ0) is 17.5. The van der Waals surface area contributed by atoms with Gasteiger partial charge in [-0.15, -0.1) is 0 Å². The molecule has 1 aromatic rings. The van der Waals surface area contributed by atoms with Crippen LogP contribution < -0.4 is 4.74 Å². The molecule has 1 N–H and O–H groups in total. The van der Waals surface area contributed by atoms with Crippen molar-refractivity contribution in [2.75, 3.05) is 33.3 Å². The lowest BCUT2D eigenvalue weighted by Crippen LogP contribution is -2.43. The third-order valence-corrected chi connectivity index (χ3v) is 5.85. The second-order valence-electron chi connectivity index (χ2n) is 7.69. The van der Waals surface area contributed by atoms with E-state index < -0.39 is 0 Å². The Kier molecular flexibility index (Phi) is 7.14. The number of hydrogen-bond acceptors (Lipinski definition) is 4. The number of aliphatic hydroxyl groups excluding tert-OH is 1. The van der Waals surface area contributed by atoms with E-state index in [4.69, 9.17) is 4.74 Å². The SMILES string of the molecule is COc1cccc(CN(CCN2CCCCC2)C2CCC(O)CC2)c1. The van der Waals surface area contributed by atoms with Gasteiger partial charge >= 0.3 is 0 Å². The number of piperidine rings is 1. The monoisotopic (exact) mass is 346 g/mol. The van der Waals surface area contributed by atoms with Crippen LogP contribution in [0.15, 0.2) is 24.3 Å². The standard InChI is InChI=1S/C21H34N2O2/c1-25-21-7-5-6-18(16-21)17-23(19-8-10-20(24)11-9-19)15-14-22-12-3-2-4-13-22/h5-7,16,19-20,24H,2-4,8-15,17H2,1H3. The molecule has 1 aromatic carbocycles. The molecule has 2 aliphatic rings. The molecule has 1 saturated carbocycles. The van der Waals surface area contributed by atoms with Crippen LogP contribution in [0.25, 0.3) is 0 Å². The first-order valence-electron chi connectivity index (χ1n) is 10.0. The molecule has 3 rings (SSSR count). The molecule has 0 aromatic heterocycles. The molecule has 4 heteroatoms. The van der Waals surface area contributed by atoms with Gasteiger partial charge in [-0.1, -0.05) is 18.6 Å². The van der Waals surface area contributed by atoms with Crippen molar-refractivity contribution in [3.8, 4) is 5.75 Å². The summed E-state index contributed by atoms with van der Waals surface area (Å²) in [4.78, 5) is 5.27. The second-order valence-corrected chi connectivity index (χ2v) is 7.69. The van der Waals surface area contributed by atoms with Gasteiger partial charge in [-0.3, -0.25) is 4.90 Å². The molecule has 1 saturated heterocycles. The normalized spacial score (nSPS) is 25.2. The highest BCUT2D eigenvalue weighted by atomic mass is 16.5. The molecule has 1 heterocycles. The first kappa shape index (κ1) is 18.7. The molecule has 140 valence electrons. The van der Waals surface area contributed by atoms with Crippen molar-refractivity contribution in [1.82, 2.24) is 9.80 Å². The van der Waals surface area contributed by atoms with Crippen molar-refractivity contribution in [1.29, 1.82) is 0 Å². The van der Waals surface area contributed by atoms with Crippen LogP contribution in [0.4, 0.5) is 0 Å². The highest BCUT2D eigenvalue weighted by molar-refractivity contribution is 5.28. The summed E-state index contributed by atoms with van der Waals surface area (Å²) < 4.78 is 5.39. The molecule has 0 unspecified atom stereocenters. The topological polar surface area (TPSA) is 35.9 Å². The third-order valence-electron chi connectivity index (χ3n) is 5.85. The fourth-order valence-electron chi connectivity index (χ4n) is 4.27. The van der Waals surface area contributed by atoms with E-state index in [-0.39, 0.29) is 6.10 Å². The van der Waals surface area contributed by atoms with Crippen LogP contribution in [0.5, 0.6) is 5.75 Å². The first-order chi connectivity index (χ1) is 12.2. The average molecular weight is 347 g/mol. The zero-order valence-electron chi connectivity index (χ0n) is 15.7. The van der Waals surface area contributed by atoms with Gasteiger partial charge in [0.1, 0.15) is 5.75 Å². The summed E-state index contributed by atoms with van der Waals surface area (Å²) in [5.74, 6) is 0.938. The number of likely N-dealkylation sites (tertiary alicyclic amines) is 1. The highest BCUT2D eigenvalue weighted by Crippen LogP contribution is 2.25. The van der Waals surface area contributed by atoms with Gasteiger partial charge in [-0.2, -0.15) is 0 Å². The van der Waals surface area contributed by atoms with Crippen molar-refractivity contribution in [2.45, 2.75) is 63.6 Å². The Balaban J connectivity index is 1.62. The van der Waals surface area contributed by atoms with Gasteiger partial charge in [0.2, 0.25) is 0 Å². The molecule has 1 aliphatic carbocycles. The van der Waals surface area contributed by atoms with Crippen LogP contribution in [-0.2, 0) is 6.54 Å². The maximum Gasteiger partial charge on any atom is 0.119 e. The Hall–Kier alpha value is -1.10. The minimum absolute atomic E-state index is 0.0861. The smallest absolute Gasteiger partial charge is 0.119 e. The fraction of sp³-hybridized carbons (Fsp3) is 0.714. The van der Waals surface area contributed by atoms with E-state index in [0.29, 0.717) is 6.04 Å². The molecule has 0 bridgehead atoms. The average Bonchev–Trinajstić information content (AvgIpc) is 2.67. The number of rotatable bonds is 7. The molecule has 0 radical (unpaired) electrons. The van der Waals surface area contributed by atoms with Crippen molar-refractivity contribution in [3.05, 3.63) is 29.8 Å². The van der Waals surface area contributed by atoms with Crippen LogP contribution >= 0.6 is 0 Å².